The molecule has 1 N–H and O–H groups in total. The molecule has 0 spiro atoms. The molecule has 2 atom stereocenters. The summed E-state index contributed by atoms with van der Waals surface area (Å²) in [6.07, 6.45) is 6.31. The Balaban J connectivity index is 1.76. The Labute approximate surface area is 127 Å². The molecule has 2 unspecified atom stereocenters. The molecule has 1 aliphatic heterocycles. The molecular formula is C17H26N2S. The summed E-state index contributed by atoms with van der Waals surface area (Å²) in [7, 11) is 0. The molecule has 1 aromatic rings. The van der Waals surface area contributed by atoms with Gasteiger partial charge in [-0.05, 0) is 31.1 Å². The molecule has 1 saturated heterocycles. The van der Waals surface area contributed by atoms with Crippen molar-refractivity contribution in [2.45, 2.75) is 43.0 Å². The minimum Gasteiger partial charge on any atom is -0.311 e. The van der Waals surface area contributed by atoms with E-state index in [-0.39, 0.29) is 0 Å². The minimum atomic E-state index is 0.545. The second-order valence-electron chi connectivity index (χ2n) is 6.26. The molecule has 0 bridgehead atoms. The predicted octanol–water partition coefficient (Wildman–Crippen LogP) is 3.31. The van der Waals surface area contributed by atoms with E-state index in [9.17, 15) is 0 Å². The van der Waals surface area contributed by atoms with E-state index < -0.39 is 0 Å². The van der Waals surface area contributed by atoms with Crippen LogP contribution >= 0.6 is 11.8 Å². The number of nitrogens with one attached hydrogen (secondary N) is 1. The molecule has 2 nitrogen and oxygen atoms in total. The number of nitrogens with zero attached hydrogens (tertiary/aromatic N) is 1. The zero-order chi connectivity index (χ0) is 14.0. The van der Waals surface area contributed by atoms with Gasteiger partial charge in [-0.3, -0.25) is 4.90 Å². The first kappa shape index (κ1) is 14.4. The van der Waals surface area contributed by atoms with Gasteiger partial charge in [0.25, 0.3) is 0 Å². The minimum absolute atomic E-state index is 0.545. The van der Waals surface area contributed by atoms with E-state index in [0.717, 1.165) is 6.54 Å². The third-order valence-corrected chi connectivity index (χ3v) is 6.31. The van der Waals surface area contributed by atoms with E-state index in [1.807, 2.05) is 0 Å². The van der Waals surface area contributed by atoms with Crippen LogP contribution in [0.2, 0.25) is 0 Å². The zero-order valence-corrected chi connectivity index (χ0v) is 13.5. The van der Waals surface area contributed by atoms with Crippen LogP contribution in [0.4, 0.5) is 0 Å². The van der Waals surface area contributed by atoms with Gasteiger partial charge in [-0.25, -0.2) is 0 Å². The number of thioether (sulfide) groups is 1. The Bertz CT molecular complexity index is 430. The molecule has 1 saturated carbocycles. The van der Waals surface area contributed by atoms with Gasteiger partial charge in [0.2, 0.25) is 0 Å². The summed E-state index contributed by atoms with van der Waals surface area (Å²) in [5.41, 5.74) is 1.46. The lowest BCUT2D eigenvalue weighted by atomic mass is 9.99. The molecule has 0 aromatic heterocycles. The van der Waals surface area contributed by atoms with Gasteiger partial charge in [-0.1, -0.05) is 37.3 Å². The van der Waals surface area contributed by atoms with E-state index in [1.165, 1.54) is 37.9 Å². The number of hydrogen-bond donors (Lipinski definition) is 1. The first-order valence-electron chi connectivity index (χ1n) is 7.84. The van der Waals surface area contributed by atoms with Crippen molar-refractivity contribution in [2.24, 2.45) is 0 Å². The Morgan fingerprint density at radius 1 is 1.30 bits per heavy atom. The average Bonchev–Trinajstić information content (AvgIpc) is 3.28. The highest BCUT2D eigenvalue weighted by Crippen LogP contribution is 2.48. The average molecular weight is 290 g/mol. The molecule has 1 aromatic carbocycles. The standard InChI is InChI=1S/C17H26N2S/c1-3-15-12-19(13-17(20-2)9-10-17)16(11-18-15)14-7-5-4-6-8-14/h4-8,15-16,18H,3,9-13H2,1-2H3. The first-order chi connectivity index (χ1) is 9.76. The predicted molar refractivity (Wildman–Crippen MR) is 88.3 cm³/mol. The maximum atomic E-state index is 3.72. The second-order valence-corrected chi connectivity index (χ2v) is 7.53. The van der Waals surface area contributed by atoms with Crippen LogP contribution in [0.3, 0.4) is 0 Å². The second kappa shape index (κ2) is 6.08. The van der Waals surface area contributed by atoms with Gasteiger partial charge < -0.3 is 5.32 Å². The van der Waals surface area contributed by atoms with Crippen molar-refractivity contribution in [1.82, 2.24) is 10.2 Å². The fourth-order valence-corrected chi connectivity index (χ4v) is 4.08. The Kier molecular flexibility index (Phi) is 4.39. The molecule has 0 amide bonds. The molecule has 0 radical (unpaired) electrons. The van der Waals surface area contributed by atoms with Crippen molar-refractivity contribution in [3.63, 3.8) is 0 Å². The molecule has 3 rings (SSSR count). The van der Waals surface area contributed by atoms with E-state index >= 15 is 0 Å². The Morgan fingerprint density at radius 2 is 2.05 bits per heavy atom. The van der Waals surface area contributed by atoms with Crippen LogP contribution in [0.5, 0.6) is 0 Å². The smallest absolute Gasteiger partial charge is 0.0474 e. The number of piperazine rings is 1. The molecular weight excluding hydrogens is 264 g/mol. The molecule has 2 fully saturated rings. The largest absolute Gasteiger partial charge is 0.311 e. The van der Waals surface area contributed by atoms with Gasteiger partial charge in [-0.2, -0.15) is 11.8 Å². The van der Waals surface area contributed by atoms with Crippen LogP contribution in [0.25, 0.3) is 0 Å². The summed E-state index contributed by atoms with van der Waals surface area (Å²) in [5, 5.41) is 3.72. The van der Waals surface area contributed by atoms with Gasteiger partial charge in [0, 0.05) is 36.5 Å². The monoisotopic (exact) mass is 290 g/mol. The van der Waals surface area contributed by atoms with Crippen molar-refractivity contribution < 1.29 is 0 Å². The molecule has 2 aliphatic rings. The fraction of sp³-hybridized carbons (Fsp3) is 0.647. The molecule has 110 valence electrons. The quantitative estimate of drug-likeness (QED) is 0.895. The highest BCUT2D eigenvalue weighted by molar-refractivity contribution is 8.00. The topological polar surface area (TPSA) is 15.3 Å². The van der Waals surface area contributed by atoms with Gasteiger partial charge in [-0.15, -0.1) is 0 Å². The zero-order valence-electron chi connectivity index (χ0n) is 12.6. The van der Waals surface area contributed by atoms with Crippen LogP contribution < -0.4 is 5.32 Å². The maximum absolute atomic E-state index is 3.72. The van der Waals surface area contributed by atoms with Crippen LogP contribution in [-0.2, 0) is 0 Å². The maximum Gasteiger partial charge on any atom is 0.0474 e. The molecule has 3 heteroatoms. The van der Waals surface area contributed by atoms with Crippen molar-refractivity contribution in [1.29, 1.82) is 0 Å². The summed E-state index contributed by atoms with van der Waals surface area (Å²) >= 11 is 2.08. The van der Waals surface area contributed by atoms with E-state index in [1.54, 1.807) is 0 Å². The van der Waals surface area contributed by atoms with Crippen molar-refractivity contribution in [3.8, 4) is 0 Å². The number of benzene rings is 1. The van der Waals surface area contributed by atoms with E-state index in [0.29, 0.717) is 16.8 Å². The summed E-state index contributed by atoms with van der Waals surface area (Å²) in [6, 6.07) is 12.2. The van der Waals surface area contributed by atoms with Crippen LogP contribution in [0.1, 0.15) is 37.8 Å². The summed E-state index contributed by atoms with van der Waals surface area (Å²) in [4.78, 5) is 2.74. The summed E-state index contributed by atoms with van der Waals surface area (Å²) in [6.45, 7) is 5.83. The van der Waals surface area contributed by atoms with Crippen molar-refractivity contribution in [2.75, 3.05) is 25.9 Å². The highest BCUT2D eigenvalue weighted by atomic mass is 32.2. The Morgan fingerprint density at radius 3 is 2.65 bits per heavy atom. The fourth-order valence-electron chi connectivity index (χ4n) is 3.27. The molecule has 20 heavy (non-hydrogen) atoms. The van der Waals surface area contributed by atoms with Crippen LogP contribution in [0.15, 0.2) is 30.3 Å². The van der Waals surface area contributed by atoms with Gasteiger partial charge in [0.05, 0.1) is 0 Å². The lowest BCUT2D eigenvalue weighted by molar-refractivity contribution is 0.127. The third-order valence-electron chi connectivity index (χ3n) is 4.90. The summed E-state index contributed by atoms with van der Waals surface area (Å²) < 4.78 is 0.558. The first-order valence-corrected chi connectivity index (χ1v) is 9.06. The third kappa shape index (κ3) is 3.05. The number of rotatable bonds is 5. The number of hydrogen-bond acceptors (Lipinski definition) is 3. The molecule has 1 aliphatic carbocycles. The Hall–Kier alpha value is -0.510. The summed E-state index contributed by atoms with van der Waals surface area (Å²) in [5.74, 6) is 0. The van der Waals surface area contributed by atoms with Gasteiger partial charge in [0.15, 0.2) is 0 Å². The van der Waals surface area contributed by atoms with Crippen molar-refractivity contribution >= 4 is 11.8 Å². The van der Waals surface area contributed by atoms with Gasteiger partial charge in [0.1, 0.15) is 0 Å². The van der Waals surface area contributed by atoms with E-state index in [4.69, 9.17) is 0 Å². The van der Waals surface area contributed by atoms with Crippen LogP contribution in [-0.4, -0.2) is 41.6 Å². The normalized spacial score (nSPS) is 29.3. The lowest BCUT2D eigenvalue weighted by Crippen LogP contribution is -2.53. The lowest BCUT2D eigenvalue weighted by Gasteiger charge is -2.42. The van der Waals surface area contributed by atoms with Crippen molar-refractivity contribution in [3.05, 3.63) is 35.9 Å². The van der Waals surface area contributed by atoms with Gasteiger partial charge >= 0.3 is 0 Å². The van der Waals surface area contributed by atoms with Crippen LogP contribution in [0, 0.1) is 0 Å². The SMILES string of the molecule is CCC1CN(CC2(SC)CC2)C(c2ccccc2)CN1. The van der Waals surface area contributed by atoms with E-state index in [2.05, 4.69) is 65.5 Å². The molecule has 1 heterocycles. The highest BCUT2D eigenvalue weighted by Gasteiger charge is 2.45.